The van der Waals surface area contributed by atoms with E-state index in [4.69, 9.17) is 0 Å². The van der Waals surface area contributed by atoms with Crippen LogP contribution in [0.25, 0.3) is 22.0 Å². The number of carbonyl (C=O) groups is 1. The van der Waals surface area contributed by atoms with E-state index in [1.807, 2.05) is 18.2 Å². The molecule has 0 saturated heterocycles. The monoisotopic (exact) mass is 425 g/mol. The van der Waals surface area contributed by atoms with Gasteiger partial charge in [0.1, 0.15) is 17.5 Å². The van der Waals surface area contributed by atoms with Gasteiger partial charge in [0, 0.05) is 29.0 Å². The molecule has 2 aromatic heterocycles. The number of pyridine rings is 1. The van der Waals surface area contributed by atoms with Crippen LogP contribution >= 0.6 is 15.9 Å². The first-order valence-electron chi connectivity index (χ1n) is 8.86. The summed E-state index contributed by atoms with van der Waals surface area (Å²) in [4.78, 5) is 17.2. The number of nitrogens with zero attached hydrogens (tertiary/aromatic N) is 4. The fourth-order valence-corrected chi connectivity index (χ4v) is 3.44. The molecule has 138 valence electrons. The highest BCUT2D eigenvalue weighted by atomic mass is 79.9. The van der Waals surface area contributed by atoms with E-state index in [-0.39, 0.29) is 5.91 Å². The van der Waals surface area contributed by atoms with Crippen LogP contribution < -0.4 is 5.32 Å². The molecule has 0 radical (unpaired) electrons. The van der Waals surface area contributed by atoms with Crippen molar-refractivity contribution in [3.63, 3.8) is 0 Å². The minimum absolute atomic E-state index is 0.215. The summed E-state index contributed by atoms with van der Waals surface area (Å²) in [7, 11) is 1.72. The first-order chi connectivity index (χ1) is 13.1. The molecule has 0 atom stereocenters. The average Bonchev–Trinajstić information content (AvgIpc) is 3.05. The van der Waals surface area contributed by atoms with Gasteiger partial charge in [0.2, 0.25) is 0 Å². The lowest BCUT2D eigenvalue weighted by molar-refractivity contribution is 0.0948. The van der Waals surface area contributed by atoms with Crippen LogP contribution in [0.15, 0.2) is 34.9 Å². The number of hydrogen-bond acceptors (Lipinski definition) is 4. The molecule has 3 aromatic rings. The van der Waals surface area contributed by atoms with E-state index < -0.39 is 0 Å². The van der Waals surface area contributed by atoms with E-state index >= 15 is 0 Å². The van der Waals surface area contributed by atoms with Crippen molar-refractivity contribution in [1.29, 1.82) is 5.26 Å². The Morgan fingerprint density at radius 3 is 2.89 bits per heavy atom. The number of amides is 1. The lowest BCUT2D eigenvalue weighted by Crippen LogP contribution is -2.25. The number of rotatable bonds is 6. The van der Waals surface area contributed by atoms with Crippen molar-refractivity contribution in [2.75, 3.05) is 6.54 Å². The van der Waals surface area contributed by atoms with Crippen LogP contribution in [0.1, 0.15) is 42.4 Å². The van der Waals surface area contributed by atoms with Gasteiger partial charge in [-0.2, -0.15) is 10.4 Å². The van der Waals surface area contributed by atoms with Gasteiger partial charge in [-0.25, -0.2) is 4.98 Å². The molecule has 0 fully saturated rings. The number of para-hydroxylation sites is 1. The molecule has 2 heterocycles. The Labute approximate surface area is 166 Å². The van der Waals surface area contributed by atoms with Gasteiger partial charge < -0.3 is 5.32 Å². The Balaban J connectivity index is 2.11. The Morgan fingerprint density at radius 1 is 1.33 bits per heavy atom. The van der Waals surface area contributed by atoms with Crippen LogP contribution in [0, 0.1) is 11.3 Å². The minimum atomic E-state index is -0.215. The average molecular weight is 426 g/mol. The lowest BCUT2D eigenvalue weighted by Gasteiger charge is -2.11. The topological polar surface area (TPSA) is 83.6 Å². The van der Waals surface area contributed by atoms with Crippen LogP contribution in [0.3, 0.4) is 0 Å². The number of carbonyl (C=O) groups excluding carboxylic acids is 1. The zero-order chi connectivity index (χ0) is 19.4. The summed E-state index contributed by atoms with van der Waals surface area (Å²) in [5, 5.41) is 17.5. The Morgan fingerprint density at radius 2 is 2.15 bits per heavy atom. The van der Waals surface area contributed by atoms with Crippen LogP contribution in [0.2, 0.25) is 0 Å². The maximum atomic E-state index is 12.6. The van der Waals surface area contributed by atoms with Gasteiger partial charge in [-0.1, -0.05) is 31.9 Å². The summed E-state index contributed by atoms with van der Waals surface area (Å²) < 4.78 is 2.33. The summed E-state index contributed by atoms with van der Waals surface area (Å²) in [5.74, 6) is -0.215. The molecule has 6 nitrogen and oxygen atoms in total. The quantitative estimate of drug-likeness (QED) is 0.600. The number of halogens is 1. The fraction of sp³-hybridized carbons (Fsp3) is 0.300. The van der Waals surface area contributed by atoms with Gasteiger partial charge in [-0.15, -0.1) is 0 Å². The number of nitrogens with one attached hydrogen (secondary N) is 1. The van der Waals surface area contributed by atoms with Gasteiger partial charge in [-0.05, 0) is 40.0 Å². The molecule has 0 saturated carbocycles. The van der Waals surface area contributed by atoms with Crippen LogP contribution in [-0.4, -0.2) is 27.2 Å². The summed E-state index contributed by atoms with van der Waals surface area (Å²) in [5.41, 5.74) is 2.90. The summed E-state index contributed by atoms with van der Waals surface area (Å²) in [6.45, 7) is 2.74. The van der Waals surface area contributed by atoms with E-state index in [9.17, 15) is 10.1 Å². The number of aromatic nitrogens is 3. The normalized spacial score (nSPS) is 10.7. The second-order valence-corrected chi connectivity index (χ2v) is 7.15. The molecule has 1 N–H and O–H groups in total. The molecule has 7 heteroatoms. The van der Waals surface area contributed by atoms with Gasteiger partial charge >= 0.3 is 0 Å². The van der Waals surface area contributed by atoms with Crippen molar-refractivity contribution in [3.8, 4) is 17.2 Å². The van der Waals surface area contributed by atoms with E-state index in [0.717, 1.165) is 34.7 Å². The molecule has 0 spiro atoms. The number of fused-ring (bicyclic) bond motifs is 1. The Bertz CT molecular complexity index is 1030. The number of unbranched alkanes of at least 4 members (excludes halogenated alkanes) is 2. The lowest BCUT2D eigenvalue weighted by atomic mass is 10.0. The fourth-order valence-electron chi connectivity index (χ4n) is 2.99. The molecular weight excluding hydrogens is 406 g/mol. The molecule has 0 aliphatic heterocycles. The summed E-state index contributed by atoms with van der Waals surface area (Å²) >= 11 is 3.52. The third-order valence-electron chi connectivity index (χ3n) is 4.42. The van der Waals surface area contributed by atoms with Gasteiger partial charge in [0.25, 0.3) is 5.91 Å². The standard InChI is InChI=1S/C20H20BrN5O/c1-3-4-5-9-23-20(27)17-10-14(15-12-24-26(2)18(15)11-22)13-7-6-8-16(21)19(13)25-17/h6-8,10,12H,3-5,9H2,1-2H3,(H,23,27). The van der Waals surface area contributed by atoms with Gasteiger partial charge in [0.05, 0.1) is 11.7 Å². The van der Waals surface area contributed by atoms with Crippen molar-refractivity contribution in [1.82, 2.24) is 20.1 Å². The van der Waals surface area contributed by atoms with E-state index in [2.05, 4.69) is 44.3 Å². The largest absolute Gasteiger partial charge is 0.351 e. The maximum absolute atomic E-state index is 12.6. The molecule has 1 amide bonds. The molecule has 0 unspecified atom stereocenters. The van der Waals surface area contributed by atoms with E-state index in [1.165, 1.54) is 4.68 Å². The molecule has 1 aromatic carbocycles. The highest BCUT2D eigenvalue weighted by Gasteiger charge is 2.18. The molecule has 27 heavy (non-hydrogen) atoms. The second-order valence-electron chi connectivity index (χ2n) is 6.30. The summed E-state index contributed by atoms with van der Waals surface area (Å²) in [6, 6.07) is 9.65. The first kappa shape index (κ1) is 19.1. The molecule has 3 rings (SSSR count). The Hall–Kier alpha value is -2.72. The van der Waals surface area contributed by atoms with Crippen molar-refractivity contribution in [3.05, 3.63) is 46.3 Å². The zero-order valence-electron chi connectivity index (χ0n) is 15.3. The maximum Gasteiger partial charge on any atom is 0.269 e. The zero-order valence-corrected chi connectivity index (χ0v) is 16.9. The van der Waals surface area contributed by atoms with Crippen molar-refractivity contribution >= 4 is 32.7 Å². The number of benzene rings is 1. The smallest absolute Gasteiger partial charge is 0.269 e. The summed E-state index contributed by atoms with van der Waals surface area (Å²) in [6.07, 6.45) is 4.76. The minimum Gasteiger partial charge on any atom is -0.351 e. The van der Waals surface area contributed by atoms with E-state index in [0.29, 0.717) is 29.0 Å². The first-order valence-corrected chi connectivity index (χ1v) is 9.66. The van der Waals surface area contributed by atoms with Crippen LogP contribution in [-0.2, 0) is 7.05 Å². The highest BCUT2D eigenvalue weighted by Crippen LogP contribution is 2.33. The van der Waals surface area contributed by atoms with Crippen molar-refractivity contribution < 1.29 is 4.79 Å². The molecule has 0 aliphatic carbocycles. The Kier molecular flexibility index (Phi) is 5.87. The molecular formula is C20H20BrN5O. The van der Waals surface area contributed by atoms with Crippen LogP contribution in [0.4, 0.5) is 0 Å². The predicted molar refractivity (Wildman–Crippen MR) is 108 cm³/mol. The van der Waals surface area contributed by atoms with Gasteiger partial charge in [-0.3, -0.25) is 9.48 Å². The van der Waals surface area contributed by atoms with Gasteiger partial charge in [0.15, 0.2) is 0 Å². The third kappa shape index (κ3) is 3.86. The van der Waals surface area contributed by atoms with Crippen LogP contribution in [0.5, 0.6) is 0 Å². The SMILES string of the molecule is CCCCCNC(=O)c1cc(-c2cnn(C)c2C#N)c2cccc(Br)c2n1. The molecule has 0 aliphatic rings. The third-order valence-corrected chi connectivity index (χ3v) is 5.06. The number of hydrogen-bond donors (Lipinski definition) is 1. The number of aryl methyl sites for hydroxylation is 1. The predicted octanol–water partition coefficient (Wildman–Crippen LogP) is 4.19. The number of nitriles is 1. The van der Waals surface area contributed by atoms with Crippen molar-refractivity contribution in [2.45, 2.75) is 26.2 Å². The molecule has 0 bridgehead atoms. The highest BCUT2D eigenvalue weighted by molar-refractivity contribution is 9.10. The van der Waals surface area contributed by atoms with Crippen molar-refractivity contribution in [2.24, 2.45) is 7.05 Å². The van der Waals surface area contributed by atoms with E-state index in [1.54, 1.807) is 19.3 Å². The second kappa shape index (κ2) is 8.31.